The summed E-state index contributed by atoms with van der Waals surface area (Å²) in [5.41, 5.74) is -1.19. The number of carbonyl (C=O) groups is 1. The minimum Gasteiger partial charge on any atom is -0.453 e. The second-order valence-electron chi connectivity index (χ2n) is 8.17. The maximum atomic E-state index is 13.2. The maximum absolute atomic E-state index is 13.2. The normalized spacial score (nSPS) is 15.7. The summed E-state index contributed by atoms with van der Waals surface area (Å²) in [6.45, 7) is 4.97. The van der Waals surface area contributed by atoms with E-state index in [0.717, 1.165) is 0 Å². The molecular formula is C28H30O4. The van der Waals surface area contributed by atoms with Gasteiger partial charge in [0.05, 0.1) is 11.5 Å². The van der Waals surface area contributed by atoms with E-state index in [-0.39, 0.29) is 0 Å². The van der Waals surface area contributed by atoms with Crippen molar-refractivity contribution >= 4 is 5.97 Å². The van der Waals surface area contributed by atoms with E-state index in [1.165, 1.54) is 0 Å². The van der Waals surface area contributed by atoms with Crippen LogP contribution in [0.2, 0.25) is 0 Å². The topological polar surface area (TPSA) is 66.8 Å². The molecule has 0 aliphatic carbocycles. The first kappa shape index (κ1) is 23.5. The Morgan fingerprint density at radius 1 is 0.844 bits per heavy atom. The lowest BCUT2D eigenvalue weighted by Gasteiger charge is -2.38. The van der Waals surface area contributed by atoms with E-state index in [0.29, 0.717) is 16.7 Å². The van der Waals surface area contributed by atoms with Crippen LogP contribution >= 0.6 is 0 Å². The fourth-order valence-corrected chi connectivity index (χ4v) is 3.81. The average Bonchev–Trinajstić information content (AvgIpc) is 2.83. The van der Waals surface area contributed by atoms with Gasteiger partial charge in [-0.3, -0.25) is 4.79 Å². The summed E-state index contributed by atoms with van der Waals surface area (Å²) >= 11 is 0. The summed E-state index contributed by atoms with van der Waals surface area (Å²) in [5, 5.41) is 23.0. The smallest absolute Gasteiger partial charge is 0.312 e. The van der Waals surface area contributed by atoms with E-state index < -0.39 is 29.2 Å². The van der Waals surface area contributed by atoms with Gasteiger partial charge >= 0.3 is 5.97 Å². The molecule has 4 heteroatoms. The van der Waals surface area contributed by atoms with Crippen LogP contribution in [-0.4, -0.2) is 21.8 Å². The summed E-state index contributed by atoms with van der Waals surface area (Å²) in [5.74, 6) is -1.45. The molecule has 32 heavy (non-hydrogen) atoms. The molecule has 0 aliphatic rings. The van der Waals surface area contributed by atoms with Crippen LogP contribution < -0.4 is 0 Å². The molecule has 3 atom stereocenters. The number of hydrogen-bond donors (Lipinski definition) is 2. The van der Waals surface area contributed by atoms with Gasteiger partial charge in [0.2, 0.25) is 0 Å². The first-order valence-electron chi connectivity index (χ1n) is 10.8. The second kappa shape index (κ2) is 9.94. The molecule has 0 aromatic heterocycles. The molecule has 0 fully saturated rings. The lowest BCUT2D eigenvalue weighted by Crippen LogP contribution is -2.42. The van der Waals surface area contributed by atoms with Gasteiger partial charge in [-0.15, -0.1) is 0 Å². The Balaban J connectivity index is 2.14. The van der Waals surface area contributed by atoms with Gasteiger partial charge in [-0.1, -0.05) is 103 Å². The number of ether oxygens (including phenoxy) is 1. The molecule has 0 radical (unpaired) electrons. The van der Waals surface area contributed by atoms with Crippen molar-refractivity contribution in [2.75, 3.05) is 0 Å². The van der Waals surface area contributed by atoms with Gasteiger partial charge in [0.25, 0.3) is 0 Å². The van der Waals surface area contributed by atoms with Crippen LogP contribution in [0, 0.1) is 5.92 Å². The van der Waals surface area contributed by atoms with Crippen LogP contribution in [0.15, 0.2) is 103 Å². The molecular weight excluding hydrogens is 400 g/mol. The lowest BCUT2D eigenvalue weighted by atomic mass is 9.78. The molecule has 0 spiro atoms. The third kappa shape index (κ3) is 4.82. The number of benzene rings is 3. The summed E-state index contributed by atoms with van der Waals surface area (Å²) in [6, 6.07) is 27.6. The largest absolute Gasteiger partial charge is 0.453 e. The van der Waals surface area contributed by atoms with Gasteiger partial charge in [-0.2, -0.15) is 0 Å². The number of hydrogen-bond acceptors (Lipinski definition) is 4. The van der Waals surface area contributed by atoms with Crippen LogP contribution in [0.25, 0.3) is 0 Å². The monoisotopic (exact) mass is 430 g/mol. The Kier molecular flexibility index (Phi) is 7.29. The van der Waals surface area contributed by atoms with E-state index in [4.69, 9.17) is 4.74 Å². The average molecular weight is 431 g/mol. The van der Waals surface area contributed by atoms with Gasteiger partial charge in [-0.25, -0.2) is 0 Å². The van der Waals surface area contributed by atoms with E-state index in [9.17, 15) is 15.0 Å². The van der Waals surface area contributed by atoms with Gasteiger partial charge in [-0.05, 0) is 37.5 Å². The fraction of sp³-hybridized carbons (Fsp3) is 0.250. The number of aliphatic hydroxyl groups is 2. The number of carbonyl (C=O) groups excluding carboxylic acids is 1. The first-order valence-corrected chi connectivity index (χ1v) is 10.8. The van der Waals surface area contributed by atoms with Gasteiger partial charge in [0.15, 0.2) is 11.7 Å². The Morgan fingerprint density at radius 3 is 1.72 bits per heavy atom. The van der Waals surface area contributed by atoms with Gasteiger partial charge < -0.3 is 14.9 Å². The van der Waals surface area contributed by atoms with Crippen molar-refractivity contribution < 1.29 is 19.7 Å². The highest BCUT2D eigenvalue weighted by Gasteiger charge is 2.45. The molecule has 0 bridgehead atoms. The standard InChI is InChI=1S/C28H30O4/c1-4-20-27(3,30)21(2)26(29)32-25(22-14-8-5-9-15-22)28(31,23-16-10-6-11-17-23)24-18-12-7-13-19-24/h4-21,25,30-31H,1-3H3/b20-4+/t21-,25-,27-/m1/s1. The fourth-order valence-electron chi connectivity index (χ4n) is 3.81. The molecule has 0 unspecified atom stereocenters. The molecule has 0 heterocycles. The maximum Gasteiger partial charge on any atom is 0.312 e. The minimum absolute atomic E-state index is 0.598. The van der Waals surface area contributed by atoms with Crippen molar-refractivity contribution in [3.63, 3.8) is 0 Å². The Hall–Kier alpha value is -3.21. The Bertz CT molecular complexity index is 987. The minimum atomic E-state index is -1.65. The molecule has 3 aromatic rings. The molecule has 3 rings (SSSR count). The Morgan fingerprint density at radius 2 is 1.28 bits per heavy atom. The van der Waals surface area contributed by atoms with Crippen molar-refractivity contribution in [1.29, 1.82) is 0 Å². The van der Waals surface area contributed by atoms with Gasteiger partial charge in [0.1, 0.15) is 0 Å². The molecule has 2 N–H and O–H groups in total. The van der Waals surface area contributed by atoms with Crippen molar-refractivity contribution in [2.24, 2.45) is 5.92 Å². The zero-order valence-electron chi connectivity index (χ0n) is 18.7. The van der Waals surface area contributed by atoms with E-state index in [1.54, 1.807) is 32.9 Å². The summed E-state index contributed by atoms with van der Waals surface area (Å²) < 4.78 is 6.02. The zero-order valence-corrected chi connectivity index (χ0v) is 18.7. The molecule has 0 amide bonds. The van der Waals surface area contributed by atoms with Gasteiger partial charge in [0, 0.05) is 0 Å². The number of esters is 1. The Labute approximate surface area is 189 Å². The quantitative estimate of drug-likeness (QED) is 0.382. The summed E-state index contributed by atoms with van der Waals surface area (Å²) in [7, 11) is 0. The molecule has 4 nitrogen and oxygen atoms in total. The molecule has 166 valence electrons. The van der Waals surface area contributed by atoms with Crippen molar-refractivity contribution in [3.05, 3.63) is 120 Å². The SMILES string of the molecule is C/C=C/[C@@](C)(O)[C@H](C)C(=O)O[C@H](c1ccccc1)C(O)(c1ccccc1)c1ccccc1. The molecule has 0 saturated carbocycles. The van der Waals surface area contributed by atoms with Crippen molar-refractivity contribution in [2.45, 2.75) is 38.1 Å². The second-order valence-corrected chi connectivity index (χ2v) is 8.17. The third-order valence-electron chi connectivity index (χ3n) is 5.88. The van der Waals surface area contributed by atoms with E-state index in [2.05, 4.69) is 0 Å². The van der Waals surface area contributed by atoms with Crippen LogP contribution in [-0.2, 0) is 15.1 Å². The predicted molar refractivity (Wildman–Crippen MR) is 126 cm³/mol. The zero-order chi connectivity index (χ0) is 23.2. The number of allylic oxidation sites excluding steroid dienone is 1. The highest BCUT2D eigenvalue weighted by atomic mass is 16.6. The predicted octanol–water partition coefficient (Wildman–Crippen LogP) is 5.17. The molecule has 0 saturated heterocycles. The van der Waals surface area contributed by atoms with E-state index >= 15 is 0 Å². The lowest BCUT2D eigenvalue weighted by molar-refractivity contribution is -0.173. The van der Waals surface area contributed by atoms with E-state index in [1.807, 2.05) is 91.0 Å². The highest BCUT2D eigenvalue weighted by Crippen LogP contribution is 2.44. The van der Waals surface area contributed by atoms with Crippen LogP contribution in [0.4, 0.5) is 0 Å². The summed E-state index contributed by atoms with van der Waals surface area (Å²) in [6.07, 6.45) is 2.23. The molecule has 0 aliphatic heterocycles. The van der Waals surface area contributed by atoms with Crippen LogP contribution in [0.1, 0.15) is 43.6 Å². The van der Waals surface area contributed by atoms with Crippen LogP contribution in [0.3, 0.4) is 0 Å². The number of rotatable bonds is 8. The van der Waals surface area contributed by atoms with Crippen molar-refractivity contribution in [3.8, 4) is 0 Å². The summed E-state index contributed by atoms with van der Waals surface area (Å²) in [4.78, 5) is 13.2. The molecule has 3 aromatic carbocycles. The first-order chi connectivity index (χ1) is 15.3. The highest BCUT2D eigenvalue weighted by molar-refractivity contribution is 5.74. The van der Waals surface area contributed by atoms with Crippen LogP contribution in [0.5, 0.6) is 0 Å². The third-order valence-corrected chi connectivity index (χ3v) is 5.88. The van der Waals surface area contributed by atoms with Crippen molar-refractivity contribution in [1.82, 2.24) is 0 Å².